The van der Waals surface area contributed by atoms with Crippen molar-refractivity contribution in [3.63, 3.8) is 0 Å². The molecule has 22 heavy (non-hydrogen) atoms. The van der Waals surface area contributed by atoms with Crippen LogP contribution in [0.2, 0.25) is 0 Å². The average Bonchev–Trinajstić information content (AvgIpc) is 3.08. The molecule has 0 saturated heterocycles. The van der Waals surface area contributed by atoms with Crippen molar-refractivity contribution in [3.05, 3.63) is 54.1 Å². The summed E-state index contributed by atoms with van der Waals surface area (Å²) in [5, 5.41) is 15.0. The lowest BCUT2D eigenvalue weighted by Gasteiger charge is -2.24. The van der Waals surface area contributed by atoms with Gasteiger partial charge in [0.05, 0.1) is 30.1 Å². The maximum atomic E-state index is 10.1. The summed E-state index contributed by atoms with van der Waals surface area (Å²) >= 11 is 0. The number of nitrogens with zero attached hydrogens (tertiary/aromatic N) is 2. The number of para-hydroxylation sites is 1. The van der Waals surface area contributed by atoms with Crippen LogP contribution < -0.4 is 10.4 Å². The Balaban J connectivity index is 1.99. The lowest BCUT2D eigenvalue weighted by atomic mass is 10.1. The van der Waals surface area contributed by atoms with E-state index < -0.39 is 0 Å². The molecular formula is C17H19N3O2. The minimum atomic E-state index is 0.210. The van der Waals surface area contributed by atoms with Gasteiger partial charge < -0.3 is 10.4 Å². The van der Waals surface area contributed by atoms with Crippen LogP contribution in [0.3, 0.4) is 0 Å². The molecule has 0 saturated carbocycles. The summed E-state index contributed by atoms with van der Waals surface area (Å²) in [7, 11) is 0. The number of hydrogen-bond acceptors (Lipinski definition) is 5. The molecular weight excluding hydrogens is 278 g/mol. The summed E-state index contributed by atoms with van der Waals surface area (Å²) in [4.78, 5) is 10.1. The van der Waals surface area contributed by atoms with Gasteiger partial charge in [-0.2, -0.15) is 0 Å². The van der Waals surface area contributed by atoms with Gasteiger partial charge in [-0.1, -0.05) is 18.2 Å². The molecule has 0 amide bonds. The molecule has 0 aliphatic carbocycles. The average molecular weight is 297 g/mol. The number of rotatable bonds is 5. The summed E-state index contributed by atoms with van der Waals surface area (Å²) in [6.07, 6.45) is 0. The molecule has 0 aromatic heterocycles. The zero-order valence-electron chi connectivity index (χ0n) is 12.5. The molecule has 0 radical (unpaired) electrons. The van der Waals surface area contributed by atoms with Crippen LogP contribution in [0.1, 0.15) is 12.5 Å². The zero-order valence-corrected chi connectivity index (χ0v) is 12.5. The Bertz CT molecular complexity index is 671. The molecule has 114 valence electrons. The Hall–Kier alpha value is -2.53. The van der Waals surface area contributed by atoms with Crippen molar-refractivity contribution in [1.82, 2.24) is 5.32 Å². The van der Waals surface area contributed by atoms with Crippen LogP contribution in [0.5, 0.6) is 5.75 Å². The maximum Gasteiger partial charge on any atom is 0.132 e. The van der Waals surface area contributed by atoms with E-state index >= 15 is 0 Å². The first-order valence-corrected chi connectivity index (χ1v) is 7.39. The lowest BCUT2D eigenvalue weighted by molar-refractivity contribution is 0.149. The molecule has 0 unspecified atom stereocenters. The van der Waals surface area contributed by atoms with E-state index in [-0.39, 0.29) is 5.75 Å². The Morgan fingerprint density at radius 3 is 2.68 bits per heavy atom. The smallest absolute Gasteiger partial charge is 0.132 e. The number of hydrogen-bond donors (Lipinski definition) is 2. The van der Waals surface area contributed by atoms with Crippen LogP contribution in [0.25, 0.3) is 0 Å². The molecule has 1 aliphatic heterocycles. The van der Waals surface area contributed by atoms with E-state index in [1.54, 1.807) is 11.1 Å². The summed E-state index contributed by atoms with van der Waals surface area (Å²) in [5.41, 5.74) is 2.47. The number of aliphatic imine (C=N–C) groups is 1. The molecule has 2 aromatic rings. The van der Waals surface area contributed by atoms with Crippen molar-refractivity contribution >= 4 is 17.2 Å². The van der Waals surface area contributed by atoms with Crippen LogP contribution in [0.4, 0.5) is 11.4 Å². The third-order valence-corrected chi connectivity index (χ3v) is 3.39. The molecule has 5 nitrogen and oxygen atoms in total. The fourth-order valence-electron chi connectivity index (χ4n) is 2.41. The Morgan fingerprint density at radius 1 is 1.18 bits per heavy atom. The lowest BCUT2D eigenvalue weighted by Crippen LogP contribution is -2.21. The van der Waals surface area contributed by atoms with Gasteiger partial charge >= 0.3 is 0 Å². The van der Waals surface area contributed by atoms with E-state index in [4.69, 9.17) is 4.84 Å². The number of anilines is 2. The molecule has 2 aromatic carbocycles. The first-order chi connectivity index (χ1) is 10.8. The first kappa shape index (κ1) is 14.4. The van der Waals surface area contributed by atoms with Crippen LogP contribution in [0.15, 0.2) is 53.5 Å². The fourth-order valence-corrected chi connectivity index (χ4v) is 2.41. The monoisotopic (exact) mass is 297 g/mol. The van der Waals surface area contributed by atoms with Gasteiger partial charge in [0.15, 0.2) is 0 Å². The van der Waals surface area contributed by atoms with Gasteiger partial charge in [-0.25, -0.2) is 5.06 Å². The second-order valence-corrected chi connectivity index (χ2v) is 4.91. The molecule has 5 heteroatoms. The summed E-state index contributed by atoms with van der Waals surface area (Å²) in [5.74, 6) is 0.935. The number of aromatic hydroxyl groups is 1. The number of nitrogens with one attached hydrogen (secondary N) is 1. The highest BCUT2D eigenvalue weighted by molar-refractivity contribution is 6.02. The largest absolute Gasteiger partial charge is 0.507 e. The number of amidine groups is 1. The summed E-state index contributed by atoms with van der Waals surface area (Å²) in [6.45, 7) is 4.02. The molecule has 0 atom stereocenters. The van der Waals surface area contributed by atoms with Crippen LogP contribution in [-0.2, 0) is 4.84 Å². The molecule has 0 fully saturated rings. The predicted octanol–water partition coefficient (Wildman–Crippen LogP) is 2.83. The quantitative estimate of drug-likeness (QED) is 0.833. The summed E-state index contributed by atoms with van der Waals surface area (Å²) < 4.78 is 0. The predicted molar refractivity (Wildman–Crippen MR) is 87.7 cm³/mol. The van der Waals surface area contributed by atoms with E-state index in [1.165, 1.54) is 0 Å². The van der Waals surface area contributed by atoms with Crippen LogP contribution in [0, 0.1) is 0 Å². The number of benzene rings is 2. The normalized spacial score (nSPS) is 13.6. The van der Waals surface area contributed by atoms with Gasteiger partial charge in [-0.05, 0) is 37.3 Å². The van der Waals surface area contributed by atoms with Crippen LogP contribution in [-0.4, -0.2) is 30.6 Å². The van der Waals surface area contributed by atoms with E-state index in [9.17, 15) is 5.11 Å². The van der Waals surface area contributed by atoms with Gasteiger partial charge in [0, 0.05) is 6.54 Å². The van der Waals surface area contributed by atoms with Gasteiger partial charge in [-0.3, -0.25) is 9.83 Å². The third kappa shape index (κ3) is 2.89. The van der Waals surface area contributed by atoms with Crippen LogP contribution >= 0.6 is 0 Å². The molecule has 3 rings (SSSR count). The number of phenols is 1. The van der Waals surface area contributed by atoms with E-state index in [0.29, 0.717) is 12.2 Å². The molecule has 1 heterocycles. The minimum Gasteiger partial charge on any atom is -0.507 e. The Morgan fingerprint density at radius 2 is 2.00 bits per heavy atom. The highest BCUT2D eigenvalue weighted by Crippen LogP contribution is 2.30. The van der Waals surface area contributed by atoms with Crippen molar-refractivity contribution < 1.29 is 9.94 Å². The van der Waals surface area contributed by atoms with Crippen molar-refractivity contribution in [2.24, 2.45) is 4.99 Å². The van der Waals surface area contributed by atoms with Gasteiger partial charge in [0.1, 0.15) is 11.6 Å². The fraction of sp³-hybridized carbons (Fsp3) is 0.235. The Labute approximate surface area is 129 Å². The topological polar surface area (TPSA) is 57.1 Å². The van der Waals surface area contributed by atoms with Crippen molar-refractivity contribution in [2.45, 2.75) is 6.92 Å². The van der Waals surface area contributed by atoms with Gasteiger partial charge in [-0.15, -0.1) is 0 Å². The van der Waals surface area contributed by atoms with E-state index in [1.807, 2.05) is 49.4 Å². The second kappa shape index (κ2) is 6.49. The Kier molecular flexibility index (Phi) is 4.25. The SMILES string of the molecule is CCON(c1ccccc1)c1ccc(O)c(C2=NCCN2)c1. The van der Waals surface area contributed by atoms with E-state index in [0.717, 1.165) is 30.3 Å². The molecule has 0 spiro atoms. The molecule has 2 N–H and O–H groups in total. The van der Waals surface area contributed by atoms with Crippen molar-refractivity contribution in [3.8, 4) is 5.75 Å². The highest BCUT2D eigenvalue weighted by Gasteiger charge is 2.16. The molecule has 0 bridgehead atoms. The van der Waals surface area contributed by atoms with Crippen molar-refractivity contribution in [2.75, 3.05) is 24.8 Å². The highest BCUT2D eigenvalue weighted by atomic mass is 16.7. The first-order valence-electron chi connectivity index (χ1n) is 7.39. The standard InChI is InChI=1S/C17H19N3O2/c1-2-22-20(13-6-4-3-5-7-13)14-8-9-16(21)15(12-14)17-18-10-11-19-17/h3-9,12,21H,2,10-11H2,1H3,(H,18,19). The summed E-state index contributed by atoms with van der Waals surface area (Å²) in [6, 6.07) is 15.2. The minimum absolute atomic E-state index is 0.210. The second-order valence-electron chi connectivity index (χ2n) is 4.91. The zero-order chi connectivity index (χ0) is 15.4. The molecule has 1 aliphatic rings. The maximum absolute atomic E-state index is 10.1. The number of phenolic OH excluding ortho intramolecular Hbond substituents is 1. The third-order valence-electron chi connectivity index (χ3n) is 3.39. The van der Waals surface area contributed by atoms with Crippen molar-refractivity contribution in [1.29, 1.82) is 0 Å². The van der Waals surface area contributed by atoms with E-state index in [2.05, 4.69) is 10.3 Å². The van der Waals surface area contributed by atoms with Gasteiger partial charge in [0.2, 0.25) is 0 Å². The van der Waals surface area contributed by atoms with Gasteiger partial charge in [0.25, 0.3) is 0 Å².